The summed E-state index contributed by atoms with van der Waals surface area (Å²) in [6.07, 6.45) is 0.628. The van der Waals surface area contributed by atoms with Crippen LogP contribution in [0.4, 0.5) is 14.6 Å². The Balaban J connectivity index is 1.46. The Labute approximate surface area is 189 Å². The summed E-state index contributed by atoms with van der Waals surface area (Å²) >= 11 is 15.4. The highest BCUT2D eigenvalue weighted by Crippen LogP contribution is 2.45. The quantitative estimate of drug-likeness (QED) is 0.439. The molecule has 0 spiro atoms. The third-order valence-electron chi connectivity index (χ3n) is 4.65. The smallest absolute Gasteiger partial charge is 0.283 e. The Kier molecular flexibility index (Phi) is 6.13. The summed E-state index contributed by atoms with van der Waals surface area (Å²) < 4.78 is 29.9. The third kappa shape index (κ3) is 4.68. The first kappa shape index (κ1) is 21.3. The Morgan fingerprint density at radius 3 is 2.57 bits per heavy atom. The van der Waals surface area contributed by atoms with Gasteiger partial charge >= 0.3 is 0 Å². The maximum atomic E-state index is 13.2. The van der Waals surface area contributed by atoms with Crippen molar-refractivity contribution in [2.45, 2.75) is 38.3 Å². The van der Waals surface area contributed by atoms with Gasteiger partial charge in [0.05, 0.1) is 21.7 Å². The molecule has 158 valence electrons. The summed E-state index contributed by atoms with van der Waals surface area (Å²) in [7, 11) is 0. The molecule has 1 N–H and O–H groups in total. The molecule has 1 aliphatic rings. The van der Waals surface area contributed by atoms with E-state index in [2.05, 4.69) is 31.4 Å². The molecule has 6 nitrogen and oxygen atoms in total. The zero-order valence-corrected chi connectivity index (χ0v) is 18.6. The van der Waals surface area contributed by atoms with Crippen LogP contribution in [0.1, 0.15) is 42.1 Å². The van der Waals surface area contributed by atoms with Gasteiger partial charge in [-0.05, 0) is 46.5 Å². The van der Waals surface area contributed by atoms with Gasteiger partial charge in [-0.25, -0.2) is 8.78 Å². The second-order valence-electron chi connectivity index (χ2n) is 7.01. The summed E-state index contributed by atoms with van der Waals surface area (Å²) in [5, 5.41) is 11.5. The van der Waals surface area contributed by atoms with Gasteiger partial charge < -0.3 is 5.32 Å². The zero-order valence-electron chi connectivity index (χ0n) is 15.5. The minimum atomic E-state index is -2.79. The topological polar surface area (TPSA) is 64.7 Å². The van der Waals surface area contributed by atoms with E-state index in [9.17, 15) is 13.6 Å². The highest BCUT2D eigenvalue weighted by atomic mass is 79.9. The zero-order chi connectivity index (χ0) is 21.4. The molecule has 2 aromatic heterocycles. The minimum absolute atomic E-state index is 0.0475. The summed E-state index contributed by atoms with van der Waals surface area (Å²) in [5.74, 6) is -0.0424. The van der Waals surface area contributed by atoms with Gasteiger partial charge in [-0.1, -0.05) is 35.3 Å². The summed E-state index contributed by atoms with van der Waals surface area (Å²) in [6, 6.07) is 7.35. The highest BCUT2D eigenvalue weighted by Gasteiger charge is 2.34. The number of carbonyl (C=O) groups excluding carboxylic acids is 1. The number of amides is 1. The number of hydrogen-bond donors (Lipinski definition) is 1. The molecule has 1 aliphatic carbocycles. The van der Waals surface area contributed by atoms with Crippen molar-refractivity contribution < 1.29 is 13.6 Å². The molecule has 1 aromatic carbocycles. The predicted molar refractivity (Wildman–Crippen MR) is 113 cm³/mol. The van der Waals surface area contributed by atoms with Gasteiger partial charge in [0.25, 0.3) is 6.43 Å². The van der Waals surface area contributed by atoms with Gasteiger partial charge in [0.2, 0.25) is 5.91 Å². The molecular formula is C19H16BrCl2F2N5O. The maximum Gasteiger partial charge on any atom is 0.283 e. The van der Waals surface area contributed by atoms with Crippen LogP contribution in [0.3, 0.4) is 0 Å². The number of alkyl halides is 2. The van der Waals surface area contributed by atoms with Crippen LogP contribution in [0.25, 0.3) is 0 Å². The van der Waals surface area contributed by atoms with Crippen molar-refractivity contribution in [1.29, 1.82) is 0 Å². The molecule has 0 saturated heterocycles. The maximum absolute atomic E-state index is 13.2. The van der Waals surface area contributed by atoms with Crippen LogP contribution in [0.2, 0.25) is 10.0 Å². The number of rotatable bonds is 7. The van der Waals surface area contributed by atoms with Crippen LogP contribution < -0.4 is 5.32 Å². The second-order valence-corrected chi connectivity index (χ2v) is 8.68. The highest BCUT2D eigenvalue weighted by molar-refractivity contribution is 9.10. The van der Waals surface area contributed by atoms with Crippen molar-refractivity contribution in [1.82, 2.24) is 19.6 Å². The number of hydrogen-bond acceptors (Lipinski definition) is 3. The lowest BCUT2D eigenvalue weighted by Crippen LogP contribution is -2.21. The van der Waals surface area contributed by atoms with Gasteiger partial charge in [0, 0.05) is 17.1 Å². The Hall–Kier alpha value is -1.97. The molecule has 0 aliphatic heterocycles. The molecule has 0 bridgehead atoms. The molecule has 0 radical (unpaired) electrons. The van der Waals surface area contributed by atoms with Gasteiger partial charge in [-0.2, -0.15) is 10.2 Å². The van der Waals surface area contributed by atoms with Gasteiger partial charge in [0.1, 0.15) is 12.2 Å². The van der Waals surface area contributed by atoms with Crippen molar-refractivity contribution in [2.75, 3.05) is 5.32 Å². The summed E-state index contributed by atoms with van der Waals surface area (Å²) in [5.41, 5.74) is 1.00. The number of carbonyl (C=O) groups is 1. The number of benzene rings is 1. The molecular weight excluding hydrogens is 503 g/mol. The normalized spacial score (nSPS) is 13.8. The lowest BCUT2D eigenvalue weighted by molar-refractivity contribution is -0.117. The molecule has 4 rings (SSSR count). The first-order valence-corrected chi connectivity index (χ1v) is 10.7. The minimum Gasteiger partial charge on any atom is -0.307 e. The van der Waals surface area contributed by atoms with Gasteiger partial charge in [-0.15, -0.1) is 0 Å². The van der Waals surface area contributed by atoms with E-state index in [4.69, 9.17) is 23.2 Å². The number of aromatic nitrogens is 4. The molecule has 3 aromatic rings. The van der Waals surface area contributed by atoms with Crippen molar-refractivity contribution in [3.05, 3.63) is 61.9 Å². The number of nitrogens with one attached hydrogen (secondary N) is 1. The van der Waals surface area contributed by atoms with Gasteiger partial charge in [-0.3, -0.25) is 14.2 Å². The molecule has 1 amide bonds. The van der Waals surface area contributed by atoms with E-state index in [1.807, 2.05) is 12.1 Å². The van der Waals surface area contributed by atoms with E-state index in [0.717, 1.165) is 18.4 Å². The molecule has 2 heterocycles. The predicted octanol–water partition coefficient (Wildman–Crippen LogP) is 5.65. The standard InChI is InChI=1S/C19H16BrCl2F2N5O/c20-13-8-28(7-10-1-5-12(21)6-2-10)27-19(13)25-14(30)9-29-17(11-3-4-11)15(22)16(26-29)18(23)24/h1-2,5-6,8,11,18H,3-4,7,9H2,(H,25,27,30). The van der Waals surface area contributed by atoms with Crippen LogP contribution in [0.5, 0.6) is 0 Å². The number of halogens is 5. The fraction of sp³-hybridized carbons (Fsp3) is 0.316. The van der Waals surface area contributed by atoms with E-state index >= 15 is 0 Å². The first-order chi connectivity index (χ1) is 14.3. The molecule has 30 heavy (non-hydrogen) atoms. The van der Waals surface area contributed by atoms with Crippen LogP contribution in [0.15, 0.2) is 34.9 Å². The lowest BCUT2D eigenvalue weighted by atomic mass is 10.2. The number of nitrogens with zero attached hydrogens (tertiary/aromatic N) is 4. The molecule has 1 saturated carbocycles. The van der Waals surface area contributed by atoms with Crippen molar-refractivity contribution in [2.24, 2.45) is 0 Å². The van der Waals surface area contributed by atoms with E-state index in [0.29, 0.717) is 27.6 Å². The fourth-order valence-electron chi connectivity index (χ4n) is 3.13. The van der Waals surface area contributed by atoms with Gasteiger partial charge in [0.15, 0.2) is 5.82 Å². The fourth-order valence-corrected chi connectivity index (χ4v) is 4.04. The SMILES string of the molecule is O=C(Cn1nc(C(F)F)c(Cl)c1C1CC1)Nc1nn(Cc2ccc(Cl)cc2)cc1Br. The average molecular weight is 519 g/mol. The summed E-state index contributed by atoms with van der Waals surface area (Å²) in [6.45, 7) is 0.263. The van der Waals surface area contributed by atoms with Crippen molar-refractivity contribution in [3.63, 3.8) is 0 Å². The second kappa shape index (κ2) is 8.64. The van der Waals surface area contributed by atoms with Crippen LogP contribution in [-0.2, 0) is 17.9 Å². The Morgan fingerprint density at radius 2 is 1.93 bits per heavy atom. The first-order valence-electron chi connectivity index (χ1n) is 9.13. The third-order valence-corrected chi connectivity index (χ3v) is 5.87. The molecule has 0 unspecified atom stereocenters. The largest absolute Gasteiger partial charge is 0.307 e. The molecule has 0 atom stereocenters. The van der Waals surface area contributed by atoms with E-state index < -0.39 is 18.0 Å². The number of anilines is 1. The van der Waals surface area contributed by atoms with E-state index in [1.54, 1.807) is 23.0 Å². The summed E-state index contributed by atoms with van der Waals surface area (Å²) in [4.78, 5) is 12.5. The van der Waals surface area contributed by atoms with Crippen molar-refractivity contribution >= 4 is 50.9 Å². The molecule has 11 heteroatoms. The van der Waals surface area contributed by atoms with Crippen LogP contribution in [0, 0.1) is 0 Å². The van der Waals surface area contributed by atoms with E-state index in [-0.39, 0.29) is 17.5 Å². The van der Waals surface area contributed by atoms with Crippen molar-refractivity contribution in [3.8, 4) is 0 Å². The van der Waals surface area contributed by atoms with Crippen LogP contribution >= 0.6 is 39.1 Å². The Morgan fingerprint density at radius 1 is 1.23 bits per heavy atom. The van der Waals surface area contributed by atoms with Crippen LogP contribution in [-0.4, -0.2) is 25.5 Å². The van der Waals surface area contributed by atoms with E-state index in [1.165, 1.54) is 4.68 Å². The lowest BCUT2D eigenvalue weighted by Gasteiger charge is -2.07. The molecule has 1 fully saturated rings. The average Bonchev–Trinajstić information content (AvgIpc) is 3.38. The monoisotopic (exact) mass is 517 g/mol. The Bertz CT molecular complexity index is 1080.